The highest BCUT2D eigenvalue weighted by atomic mass is 19.4. The van der Waals surface area contributed by atoms with Gasteiger partial charge in [-0.25, -0.2) is 20.2 Å². The molecule has 1 aliphatic heterocycles. The fourth-order valence-electron chi connectivity index (χ4n) is 3.14. The van der Waals surface area contributed by atoms with E-state index in [1.165, 1.54) is 19.1 Å². The molecule has 0 aliphatic carbocycles. The standard InChI is InChI=1S/C20H23F4N5O2/c1-10(2)25-19(27-18(30)14-8-11(3)31-17(14)20(22,23)24)26-16-9-15(28-29-16)12-4-6-13(21)7-5-12/h4-8,10,15-16,28-29H,9H2,1-3H3,(H2,25,26,27,30). The number of hydrogen-bond acceptors (Lipinski definition) is 5. The SMILES string of the molecule is Cc1cc(C(=O)NC(=NC2CC(c3ccc(F)cc3)NN2)NC(C)C)c(C(F)(F)F)o1. The van der Waals surface area contributed by atoms with Crippen LogP contribution in [0.15, 0.2) is 39.7 Å². The van der Waals surface area contributed by atoms with Gasteiger partial charge in [-0.2, -0.15) is 13.2 Å². The van der Waals surface area contributed by atoms with Gasteiger partial charge in [0.25, 0.3) is 5.91 Å². The lowest BCUT2D eigenvalue weighted by molar-refractivity contribution is -0.153. The Kier molecular flexibility index (Phi) is 6.65. The number of hydrazine groups is 1. The fraction of sp³-hybridized carbons (Fsp3) is 0.400. The Bertz CT molecular complexity index is 953. The molecule has 1 aromatic heterocycles. The average Bonchev–Trinajstić information content (AvgIpc) is 3.28. The number of benzene rings is 1. The summed E-state index contributed by atoms with van der Waals surface area (Å²) < 4.78 is 57.3. The third-order valence-corrected chi connectivity index (χ3v) is 4.46. The summed E-state index contributed by atoms with van der Waals surface area (Å²) in [5, 5.41) is 5.33. The third-order valence-electron chi connectivity index (χ3n) is 4.46. The van der Waals surface area contributed by atoms with E-state index < -0.39 is 29.6 Å². The minimum atomic E-state index is -4.80. The molecule has 0 spiro atoms. The van der Waals surface area contributed by atoms with Crippen LogP contribution in [0.5, 0.6) is 0 Å². The summed E-state index contributed by atoms with van der Waals surface area (Å²) in [7, 11) is 0. The van der Waals surface area contributed by atoms with Gasteiger partial charge in [0.15, 0.2) is 5.96 Å². The van der Waals surface area contributed by atoms with Gasteiger partial charge in [0.1, 0.15) is 17.7 Å². The molecule has 2 unspecified atom stereocenters. The smallest absolute Gasteiger partial charge is 0.450 e. The topological polar surface area (TPSA) is 90.7 Å². The average molecular weight is 441 g/mol. The minimum Gasteiger partial charge on any atom is -0.456 e. The Morgan fingerprint density at radius 2 is 1.90 bits per heavy atom. The number of nitrogens with zero attached hydrogens (tertiary/aromatic N) is 1. The summed E-state index contributed by atoms with van der Waals surface area (Å²) in [5.74, 6) is -2.70. The molecule has 2 heterocycles. The van der Waals surface area contributed by atoms with Crippen molar-refractivity contribution in [1.82, 2.24) is 21.5 Å². The van der Waals surface area contributed by atoms with Gasteiger partial charge in [-0.05, 0) is 44.5 Å². The largest absolute Gasteiger partial charge is 0.456 e. The number of furan rings is 1. The third kappa shape index (κ3) is 5.82. The van der Waals surface area contributed by atoms with Crippen molar-refractivity contribution >= 4 is 11.9 Å². The summed E-state index contributed by atoms with van der Waals surface area (Å²) in [6, 6.07) is 6.74. The first kappa shape index (κ1) is 22.8. The molecule has 4 N–H and O–H groups in total. The fourth-order valence-corrected chi connectivity index (χ4v) is 3.14. The van der Waals surface area contributed by atoms with Crippen LogP contribution in [0.3, 0.4) is 0 Å². The van der Waals surface area contributed by atoms with E-state index in [1.807, 2.05) is 0 Å². The first-order chi connectivity index (χ1) is 14.5. The number of carbonyl (C=O) groups excluding carboxylic acids is 1. The highest BCUT2D eigenvalue weighted by Gasteiger charge is 2.40. The second kappa shape index (κ2) is 9.06. The van der Waals surface area contributed by atoms with Crippen molar-refractivity contribution in [3.8, 4) is 0 Å². The number of guanidine groups is 1. The van der Waals surface area contributed by atoms with E-state index in [0.717, 1.165) is 11.6 Å². The number of nitrogens with one attached hydrogen (secondary N) is 4. The van der Waals surface area contributed by atoms with Gasteiger partial charge in [-0.1, -0.05) is 12.1 Å². The zero-order valence-electron chi connectivity index (χ0n) is 17.1. The maximum Gasteiger partial charge on any atom is 0.450 e. The molecule has 1 amide bonds. The maximum atomic E-state index is 13.2. The molecule has 0 saturated carbocycles. The number of alkyl halides is 3. The van der Waals surface area contributed by atoms with Gasteiger partial charge in [-0.15, -0.1) is 0 Å². The van der Waals surface area contributed by atoms with Gasteiger partial charge in [-0.3, -0.25) is 10.1 Å². The highest BCUT2D eigenvalue weighted by molar-refractivity contribution is 6.06. The van der Waals surface area contributed by atoms with Gasteiger partial charge >= 0.3 is 6.18 Å². The Hall–Kier alpha value is -2.92. The van der Waals surface area contributed by atoms with Crippen molar-refractivity contribution < 1.29 is 26.8 Å². The molecule has 11 heteroatoms. The molecule has 1 saturated heterocycles. The quantitative estimate of drug-likeness (QED) is 0.332. The van der Waals surface area contributed by atoms with E-state index in [4.69, 9.17) is 0 Å². The molecular weight excluding hydrogens is 418 g/mol. The Morgan fingerprint density at radius 1 is 1.23 bits per heavy atom. The minimum absolute atomic E-state index is 0.0195. The van der Waals surface area contributed by atoms with Crippen molar-refractivity contribution in [3.63, 3.8) is 0 Å². The number of amides is 1. The van der Waals surface area contributed by atoms with E-state index in [0.29, 0.717) is 6.42 Å². The van der Waals surface area contributed by atoms with Crippen LogP contribution in [0, 0.1) is 12.7 Å². The lowest BCUT2D eigenvalue weighted by atomic mass is 10.0. The van der Waals surface area contributed by atoms with E-state index in [-0.39, 0.29) is 29.6 Å². The van der Waals surface area contributed by atoms with Crippen molar-refractivity contribution in [2.75, 3.05) is 0 Å². The first-order valence-corrected chi connectivity index (χ1v) is 9.62. The van der Waals surface area contributed by atoms with E-state index >= 15 is 0 Å². The normalized spacial score (nSPS) is 19.7. The molecule has 2 atom stereocenters. The molecule has 1 aromatic carbocycles. The lowest BCUT2D eigenvalue weighted by Gasteiger charge is -2.16. The Morgan fingerprint density at radius 3 is 2.52 bits per heavy atom. The number of carbonyl (C=O) groups is 1. The van der Waals surface area contributed by atoms with Crippen LogP contribution < -0.4 is 21.5 Å². The van der Waals surface area contributed by atoms with E-state index in [2.05, 4.69) is 30.9 Å². The van der Waals surface area contributed by atoms with Crippen LogP contribution in [0.1, 0.15) is 53.8 Å². The molecule has 2 aromatic rings. The number of aliphatic imine (C=N–C) groups is 1. The van der Waals surface area contributed by atoms with Gasteiger partial charge in [0.2, 0.25) is 5.76 Å². The second-order valence-corrected chi connectivity index (χ2v) is 7.47. The molecule has 0 bridgehead atoms. The van der Waals surface area contributed by atoms with E-state index in [9.17, 15) is 22.4 Å². The summed E-state index contributed by atoms with van der Waals surface area (Å²) in [5.41, 5.74) is 6.21. The second-order valence-electron chi connectivity index (χ2n) is 7.47. The summed E-state index contributed by atoms with van der Waals surface area (Å²) >= 11 is 0. The van der Waals surface area contributed by atoms with Crippen molar-refractivity contribution in [2.45, 2.75) is 51.6 Å². The Labute approximate surface area is 176 Å². The number of rotatable bonds is 4. The van der Waals surface area contributed by atoms with Crippen molar-refractivity contribution in [2.24, 2.45) is 4.99 Å². The van der Waals surface area contributed by atoms with Crippen LogP contribution in [-0.4, -0.2) is 24.1 Å². The number of aryl methyl sites for hydroxylation is 1. The monoisotopic (exact) mass is 441 g/mol. The number of halogens is 4. The first-order valence-electron chi connectivity index (χ1n) is 9.62. The molecule has 0 radical (unpaired) electrons. The van der Waals surface area contributed by atoms with Gasteiger partial charge < -0.3 is 9.73 Å². The molecule has 168 valence electrons. The summed E-state index contributed by atoms with van der Waals surface area (Å²) in [6.45, 7) is 4.93. The van der Waals surface area contributed by atoms with E-state index in [1.54, 1.807) is 26.0 Å². The van der Waals surface area contributed by atoms with Crippen LogP contribution >= 0.6 is 0 Å². The van der Waals surface area contributed by atoms with Crippen LogP contribution in [-0.2, 0) is 6.18 Å². The molecular formula is C20H23F4N5O2. The predicted octanol–water partition coefficient (Wildman–Crippen LogP) is 3.40. The Balaban J connectivity index is 1.76. The van der Waals surface area contributed by atoms with Gasteiger partial charge in [0.05, 0.1) is 5.56 Å². The van der Waals surface area contributed by atoms with Crippen molar-refractivity contribution in [1.29, 1.82) is 0 Å². The molecule has 1 aliphatic rings. The predicted molar refractivity (Wildman–Crippen MR) is 105 cm³/mol. The zero-order valence-corrected chi connectivity index (χ0v) is 17.1. The maximum absolute atomic E-state index is 13.2. The summed E-state index contributed by atoms with van der Waals surface area (Å²) in [6.07, 6.45) is -4.81. The molecule has 7 nitrogen and oxygen atoms in total. The van der Waals surface area contributed by atoms with Crippen LogP contribution in [0.2, 0.25) is 0 Å². The van der Waals surface area contributed by atoms with Crippen molar-refractivity contribution in [3.05, 3.63) is 58.8 Å². The molecule has 3 rings (SSSR count). The zero-order chi connectivity index (χ0) is 22.8. The van der Waals surface area contributed by atoms with Crippen LogP contribution in [0.4, 0.5) is 17.6 Å². The molecule has 31 heavy (non-hydrogen) atoms. The number of hydrogen-bond donors (Lipinski definition) is 4. The van der Waals surface area contributed by atoms with Gasteiger partial charge in [0, 0.05) is 18.5 Å². The molecule has 1 fully saturated rings. The lowest BCUT2D eigenvalue weighted by Crippen LogP contribution is -2.46. The highest BCUT2D eigenvalue weighted by Crippen LogP contribution is 2.34. The summed E-state index contributed by atoms with van der Waals surface area (Å²) in [4.78, 5) is 16.9. The van der Waals surface area contributed by atoms with Crippen LogP contribution in [0.25, 0.3) is 0 Å².